The number of carbonyl (C=O) groups is 2. The van der Waals surface area contributed by atoms with Crippen molar-refractivity contribution in [2.75, 3.05) is 0 Å². The predicted molar refractivity (Wildman–Crippen MR) is 81.8 cm³/mol. The summed E-state index contributed by atoms with van der Waals surface area (Å²) in [6.45, 7) is 0.854. The third-order valence-corrected chi connectivity index (χ3v) is 3.47. The smallest absolute Gasteiger partial charge is 0.177 e. The van der Waals surface area contributed by atoms with Gasteiger partial charge in [-0.25, -0.2) is 0 Å². The quantitative estimate of drug-likeness (QED) is 0.480. The number of hydrogen-bond acceptors (Lipinski definition) is 4. The van der Waals surface area contributed by atoms with Crippen molar-refractivity contribution in [3.8, 4) is 0 Å². The van der Waals surface area contributed by atoms with Crippen LogP contribution < -0.4 is 11.5 Å². The number of ketones is 1. The molecule has 0 saturated heterocycles. The largest absolute Gasteiger partial charge is 0.326 e. The van der Waals surface area contributed by atoms with Gasteiger partial charge in [-0.2, -0.15) is 0 Å². The fraction of sp³-hybridized carbons (Fsp3) is 0.176. The highest BCUT2D eigenvalue weighted by Crippen LogP contribution is 2.20. The van der Waals surface area contributed by atoms with Gasteiger partial charge in [0, 0.05) is 18.7 Å². The summed E-state index contributed by atoms with van der Waals surface area (Å²) in [5.41, 5.74) is 14.2. The van der Waals surface area contributed by atoms with Crippen LogP contribution in [-0.2, 0) is 17.9 Å². The molecule has 2 aromatic rings. The molecular weight excluding hydrogens is 264 g/mol. The standard InChI is InChI=1S/C17H18N2O2/c18-9-12-1-5-14(6-2-12)16(11-20)17(21)15-7-3-13(10-19)4-8-15/h1-8,11,16H,9-10,18-19H2. The van der Waals surface area contributed by atoms with Gasteiger partial charge in [0.05, 0.1) is 0 Å². The van der Waals surface area contributed by atoms with Gasteiger partial charge in [0.15, 0.2) is 5.78 Å². The maximum absolute atomic E-state index is 12.4. The van der Waals surface area contributed by atoms with Crippen LogP contribution in [0.2, 0.25) is 0 Å². The zero-order valence-electron chi connectivity index (χ0n) is 11.7. The van der Waals surface area contributed by atoms with Gasteiger partial charge in [-0.15, -0.1) is 0 Å². The van der Waals surface area contributed by atoms with Gasteiger partial charge in [-0.3, -0.25) is 4.79 Å². The Balaban J connectivity index is 2.26. The van der Waals surface area contributed by atoms with Gasteiger partial charge in [-0.05, 0) is 16.7 Å². The van der Waals surface area contributed by atoms with E-state index in [4.69, 9.17) is 11.5 Å². The summed E-state index contributed by atoms with van der Waals surface area (Å²) < 4.78 is 0. The van der Waals surface area contributed by atoms with E-state index in [1.54, 1.807) is 36.4 Å². The van der Waals surface area contributed by atoms with Crippen LogP contribution in [0.25, 0.3) is 0 Å². The molecule has 0 heterocycles. The summed E-state index contributed by atoms with van der Waals surface area (Å²) in [7, 11) is 0. The van der Waals surface area contributed by atoms with E-state index in [9.17, 15) is 9.59 Å². The Morgan fingerprint density at radius 2 is 1.38 bits per heavy atom. The summed E-state index contributed by atoms with van der Waals surface area (Å²) >= 11 is 0. The van der Waals surface area contributed by atoms with Gasteiger partial charge in [0.2, 0.25) is 0 Å². The van der Waals surface area contributed by atoms with Crippen LogP contribution in [-0.4, -0.2) is 12.1 Å². The van der Waals surface area contributed by atoms with Crippen LogP contribution in [0.3, 0.4) is 0 Å². The van der Waals surface area contributed by atoms with E-state index in [1.165, 1.54) is 0 Å². The fourth-order valence-corrected chi connectivity index (χ4v) is 2.14. The molecule has 4 N–H and O–H groups in total. The number of Topliss-reactive ketones (excluding diaryl/α,β-unsaturated/α-hetero) is 1. The first kappa shape index (κ1) is 15.1. The lowest BCUT2D eigenvalue weighted by Gasteiger charge is -2.11. The van der Waals surface area contributed by atoms with E-state index in [0.717, 1.165) is 11.1 Å². The van der Waals surface area contributed by atoms with Crippen LogP contribution in [0, 0.1) is 0 Å². The molecule has 0 saturated carbocycles. The van der Waals surface area contributed by atoms with E-state index in [2.05, 4.69) is 0 Å². The fourth-order valence-electron chi connectivity index (χ4n) is 2.14. The molecule has 108 valence electrons. The van der Waals surface area contributed by atoms with Crippen LogP contribution in [0.15, 0.2) is 48.5 Å². The molecule has 0 aromatic heterocycles. The van der Waals surface area contributed by atoms with E-state index in [0.29, 0.717) is 30.5 Å². The van der Waals surface area contributed by atoms with Crippen molar-refractivity contribution >= 4 is 12.1 Å². The molecule has 0 aliphatic heterocycles. The topological polar surface area (TPSA) is 86.2 Å². The normalized spacial score (nSPS) is 11.9. The van der Waals surface area contributed by atoms with Crippen LogP contribution in [0.5, 0.6) is 0 Å². The minimum absolute atomic E-state index is 0.214. The Kier molecular flexibility index (Phi) is 4.98. The zero-order valence-corrected chi connectivity index (χ0v) is 11.7. The summed E-state index contributed by atoms with van der Waals surface area (Å²) in [5.74, 6) is -1.00. The number of nitrogens with two attached hydrogens (primary N) is 2. The van der Waals surface area contributed by atoms with Gasteiger partial charge in [0.1, 0.15) is 12.2 Å². The minimum atomic E-state index is -0.791. The minimum Gasteiger partial charge on any atom is -0.326 e. The third-order valence-electron chi connectivity index (χ3n) is 3.47. The van der Waals surface area contributed by atoms with Crippen molar-refractivity contribution in [1.82, 2.24) is 0 Å². The summed E-state index contributed by atoms with van der Waals surface area (Å²) in [5, 5.41) is 0. The molecule has 0 aliphatic carbocycles. The first-order chi connectivity index (χ1) is 10.2. The maximum atomic E-state index is 12.4. The van der Waals surface area contributed by atoms with E-state index in [-0.39, 0.29) is 5.78 Å². The first-order valence-corrected chi connectivity index (χ1v) is 6.77. The number of rotatable bonds is 6. The average molecular weight is 282 g/mol. The number of aldehydes is 1. The predicted octanol–water partition coefficient (Wildman–Crippen LogP) is 1.77. The molecule has 2 rings (SSSR count). The Morgan fingerprint density at radius 3 is 1.81 bits per heavy atom. The summed E-state index contributed by atoms with van der Waals surface area (Å²) in [4.78, 5) is 23.8. The highest BCUT2D eigenvalue weighted by molar-refractivity contribution is 6.09. The molecule has 0 radical (unpaired) electrons. The monoisotopic (exact) mass is 282 g/mol. The van der Waals surface area contributed by atoms with Crippen molar-refractivity contribution in [3.63, 3.8) is 0 Å². The highest BCUT2D eigenvalue weighted by Gasteiger charge is 2.21. The molecular formula is C17H18N2O2. The van der Waals surface area contributed by atoms with Crippen molar-refractivity contribution in [2.24, 2.45) is 11.5 Å². The van der Waals surface area contributed by atoms with Gasteiger partial charge < -0.3 is 16.3 Å². The Labute approximate surface area is 123 Å². The third kappa shape index (κ3) is 3.42. The Bertz CT molecular complexity index is 618. The zero-order chi connectivity index (χ0) is 15.2. The molecule has 21 heavy (non-hydrogen) atoms. The van der Waals surface area contributed by atoms with E-state index in [1.807, 2.05) is 12.1 Å². The lowest BCUT2D eigenvalue weighted by atomic mass is 9.91. The van der Waals surface area contributed by atoms with E-state index >= 15 is 0 Å². The second kappa shape index (κ2) is 6.92. The lowest BCUT2D eigenvalue weighted by Crippen LogP contribution is -2.14. The van der Waals surface area contributed by atoms with Gasteiger partial charge in [-0.1, -0.05) is 48.5 Å². The van der Waals surface area contributed by atoms with Crippen molar-refractivity contribution in [2.45, 2.75) is 19.0 Å². The van der Waals surface area contributed by atoms with Crippen LogP contribution in [0.1, 0.15) is 33.0 Å². The van der Waals surface area contributed by atoms with Gasteiger partial charge >= 0.3 is 0 Å². The molecule has 0 bridgehead atoms. The second-order valence-corrected chi connectivity index (χ2v) is 4.82. The number of hydrogen-bond donors (Lipinski definition) is 2. The van der Waals surface area contributed by atoms with Crippen molar-refractivity contribution in [1.29, 1.82) is 0 Å². The SMILES string of the molecule is NCc1ccc(C(=O)C(C=O)c2ccc(CN)cc2)cc1. The molecule has 0 aliphatic rings. The number of carbonyl (C=O) groups excluding carboxylic acids is 2. The molecule has 0 spiro atoms. The summed E-state index contributed by atoms with van der Waals surface area (Å²) in [6.07, 6.45) is 0.677. The van der Waals surface area contributed by atoms with Crippen LogP contribution >= 0.6 is 0 Å². The molecule has 1 atom stereocenters. The summed E-state index contributed by atoms with van der Waals surface area (Å²) in [6, 6.07) is 14.2. The van der Waals surface area contributed by atoms with Crippen LogP contribution in [0.4, 0.5) is 0 Å². The molecule has 0 amide bonds. The van der Waals surface area contributed by atoms with Gasteiger partial charge in [0.25, 0.3) is 0 Å². The average Bonchev–Trinajstić information content (AvgIpc) is 2.56. The molecule has 4 heteroatoms. The van der Waals surface area contributed by atoms with Crippen molar-refractivity contribution < 1.29 is 9.59 Å². The number of benzene rings is 2. The molecule has 1 unspecified atom stereocenters. The lowest BCUT2D eigenvalue weighted by molar-refractivity contribution is -0.108. The Morgan fingerprint density at radius 1 is 0.905 bits per heavy atom. The first-order valence-electron chi connectivity index (χ1n) is 6.77. The second-order valence-electron chi connectivity index (χ2n) is 4.82. The Hall–Kier alpha value is -2.30. The molecule has 2 aromatic carbocycles. The maximum Gasteiger partial charge on any atom is 0.177 e. The highest BCUT2D eigenvalue weighted by atomic mass is 16.1. The van der Waals surface area contributed by atoms with Crippen molar-refractivity contribution in [3.05, 3.63) is 70.8 Å². The molecule has 4 nitrogen and oxygen atoms in total. The molecule has 0 fully saturated rings. The van der Waals surface area contributed by atoms with E-state index < -0.39 is 5.92 Å².